The average molecular weight is 570 g/mol. The van der Waals surface area contributed by atoms with Crippen LogP contribution in [0.15, 0.2) is 48.5 Å². The van der Waals surface area contributed by atoms with Gasteiger partial charge in [0.2, 0.25) is 0 Å². The molecule has 0 N–H and O–H groups in total. The first-order valence-electron chi connectivity index (χ1n) is 10.7. The fourth-order valence-electron chi connectivity index (χ4n) is 4.55. The number of methoxy groups -OCH3 is 1. The summed E-state index contributed by atoms with van der Waals surface area (Å²) >= 11 is 3.06. The summed E-state index contributed by atoms with van der Waals surface area (Å²) in [6.07, 6.45) is 2.57. The Morgan fingerprint density at radius 1 is 0.903 bits per heavy atom. The van der Waals surface area contributed by atoms with Crippen LogP contribution in [0.25, 0.3) is 9.81 Å². The second-order valence-electron chi connectivity index (χ2n) is 8.64. The Hall–Kier alpha value is -0.700. The summed E-state index contributed by atoms with van der Waals surface area (Å²) in [5.74, 6) is -0.174. The predicted octanol–water partition coefficient (Wildman–Crippen LogP) is 7.33. The molecule has 5 rings (SSSR count). The summed E-state index contributed by atoms with van der Waals surface area (Å²) in [7, 11) is 1.82. The summed E-state index contributed by atoms with van der Waals surface area (Å²) in [5, 5.41) is 0. The fourth-order valence-corrected chi connectivity index (χ4v) is 19.7. The number of thioether (sulfide) groups is 2. The zero-order chi connectivity index (χ0) is 21.8. The second kappa shape index (κ2) is 8.26. The van der Waals surface area contributed by atoms with E-state index in [1.807, 2.05) is 31.0 Å². The molecule has 166 valence electrons. The molecular weight excluding hydrogens is 540 g/mol. The third kappa shape index (κ3) is 3.75. The molecule has 0 radical (unpaired) electrons. The predicted molar refractivity (Wildman–Crippen MR) is 144 cm³/mol. The summed E-state index contributed by atoms with van der Waals surface area (Å²) in [6.45, 7) is 7.01. The molecule has 3 aliphatic rings. The van der Waals surface area contributed by atoms with Gasteiger partial charge < -0.3 is 0 Å². The van der Waals surface area contributed by atoms with Gasteiger partial charge in [0.15, 0.2) is 0 Å². The molecule has 2 unspecified atom stereocenters. The monoisotopic (exact) mass is 569 g/mol. The Bertz CT molecular complexity index is 1000. The number of ether oxygens (including phenoxy) is 1. The van der Waals surface area contributed by atoms with E-state index in [1.54, 1.807) is 12.1 Å². The Balaban J connectivity index is 1.47. The third-order valence-corrected chi connectivity index (χ3v) is 23.1. The van der Waals surface area contributed by atoms with Gasteiger partial charge in [-0.05, 0) is 0 Å². The molecule has 6 heteroatoms. The van der Waals surface area contributed by atoms with Crippen molar-refractivity contribution in [3.63, 3.8) is 0 Å². The van der Waals surface area contributed by atoms with Gasteiger partial charge in [0.05, 0.1) is 0 Å². The normalized spacial score (nSPS) is 29.8. The van der Waals surface area contributed by atoms with E-state index in [9.17, 15) is 4.39 Å². The first-order chi connectivity index (χ1) is 14.9. The van der Waals surface area contributed by atoms with Crippen LogP contribution in [0.1, 0.15) is 37.8 Å². The Morgan fingerprint density at radius 3 is 1.87 bits per heavy atom. The first kappa shape index (κ1) is 22.1. The van der Waals surface area contributed by atoms with E-state index in [0.29, 0.717) is 11.6 Å². The van der Waals surface area contributed by atoms with E-state index in [0.717, 1.165) is 31.5 Å². The summed E-state index contributed by atoms with van der Waals surface area (Å²) in [4.78, 5) is 7.66. The molecule has 2 aromatic carbocycles. The van der Waals surface area contributed by atoms with Gasteiger partial charge in [0, 0.05) is 7.11 Å². The minimum atomic E-state index is -1.06. The number of nitrogens with zero attached hydrogens (tertiary/aromatic N) is 1. The topological polar surface area (TPSA) is 12.5 Å². The van der Waals surface area contributed by atoms with E-state index < -0.39 is 19.8 Å². The van der Waals surface area contributed by atoms with Crippen LogP contribution in [0.2, 0.25) is 0 Å². The zero-order valence-electron chi connectivity index (χ0n) is 18.5. The summed E-state index contributed by atoms with van der Waals surface area (Å²) < 4.78 is 19.9. The molecule has 2 saturated heterocycles. The zero-order valence-corrected chi connectivity index (χ0v) is 22.2. The van der Waals surface area contributed by atoms with E-state index >= 15 is 0 Å². The number of fused-ring (bicyclic) bond motifs is 1. The maximum absolute atomic E-state index is 13.6. The molecule has 0 bridgehead atoms. The van der Waals surface area contributed by atoms with E-state index in [1.165, 1.54) is 21.1 Å². The molecule has 2 atom stereocenters. The van der Waals surface area contributed by atoms with Crippen molar-refractivity contribution in [2.45, 2.75) is 38.3 Å². The maximum atomic E-state index is 13.6. The van der Waals surface area contributed by atoms with Crippen LogP contribution in [0.5, 0.6) is 0 Å². The fraction of sp³-hybridized carbons (Fsp3) is 0.440. The number of piperidine rings is 1. The van der Waals surface area contributed by atoms with Crippen molar-refractivity contribution < 1.29 is 9.13 Å². The molecular formula is C25H29FINOS2. The van der Waals surface area contributed by atoms with E-state index in [4.69, 9.17) is 4.74 Å². The van der Waals surface area contributed by atoms with Crippen LogP contribution in [-0.4, -0.2) is 36.7 Å². The number of anilines is 1. The van der Waals surface area contributed by atoms with Crippen LogP contribution in [0.3, 0.4) is 0 Å². The number of rotatable bonds is 4. The van der Waals surface area contributed by atoms with Crippen molar-refractivity contribution in [1.82, 2.24) is 0 Å². The quantitative estimate of drug-likeness (QED) is 0.282. The van der Waals surface area contributed by atoms with Crippen LogP contribution < -0.4 is 4.90 Å². The Kier molecular flexibility index (Phi) is 5.89. The van der Waals surface area contributed by atoms with Crippen LogP contribution in [0.4, 0.5) is 10.1 Å². The summed E-state index contributed by atoms with van der Waals surface area (Å²) in [5.41, 5.74) is 3.72. The first-order valence-corrected chi connectivity index (χ1v) is 16.7. The van der Waals surface area contributed by atoms with Gasteiger partial charge in [-0.1, -0.05) is 0 Å². The van der Waals surface area contributed by atoms with Crippen molar-refractivity contribution >= 4 is 58.8 Å². The SMILES string of the molecule is COC1CCN(c2ccc(C3=C(c4ccc(F)cc4)SC4(C)I(C)C4(C)S3)cc2)CC1. The van der Waals surface area contributed by atoms with Crippen molar-refractivity contribution in [3.8, 4) is 0 Å². The van der Waals surface area contributed by atoms with Gasteiger partial charge in [-0.2, -0.15) is 0 Å². The third-order valence-electron chi connectivity index (χ3n) is 7.01. The average Bonchev–Trinajstić information content (AvgIpc) is 3.24. The molecule has 3 heterocycles. The molecule has 0 aromatic heterocycles. The van der Waals surface area contributed by atoms with Gasteiger partial charge in [0.25, 0.3) is 0 Å². The number of halogens is 2. The summed E-state index contributed by atoms with van der Waals surface area (Å²) in [6, 6.07) is 16.2. The molecule has 2 nitrogen and oxygen atoms in total. The van der Waals surface area contributed by atoms with E-state index in [-0.39, 0.29) is 5.82 Å². The molecule has 0 amide bonds. The number of benzene rings is 2. The standard InChI is InChI=1S/C25H29FINOS2/c1-24-25(2,27(24)3)31-23(22(30-24)17-5-9-19(26)10-6-17)18-7-11-20(12-8-18)28-15-13-21(29-4)14-16-28/h5-12,21H,13-16H2,1-4H3. The van der Waals surface area contributed by atoms with Gasteiger partial charge in [-0.25, -0.2) is 0 Å². The minimum absolute atomic E-state index is 0.174. The Labute approximate surface area is 200 Å². The number of hydrogen-bond acceptors (Lipinski definition) is 4. The molecule has 0 saturated carbocycles. The number of hydrogen-bond donors (Lipinski definition) is 0. The van der Waals surface area contributed by atoms with Crippen LogP contribution >= 0.6 is 43.3 Å². The molecule has 31 heavy (non-hydrogen) atoms. The van der Waals surface area contributed by atoms with Crippen molar-refractivity contribution in [2.24, 2.45) is 0 Å². The second-order valence-corrected chi connectivity index (χ2v) is 20.0. The van der Waals surface area contributed by atoms with Crippen molar-refractivity contribution in [3.05, 3.63) is 65.5 Å². The molecule has 0 spiro atoms. The molecule has 2 aromatic rings. The molecule has 2 fully saturated rings. The van der Waals surface area contributed by atoms with Crippen LogP contribution in [0, 0.1) is 5.82 Å². The number of alkyl halides is 3. The van der Waals surface area contributed by atoms with Gasteiger partial charge in [-0.15, -0.1) is 0 Å². The Morgan fingerprint density at radius 2 is 1.39 bits per heavy atom. The van der Waals surface area contributed by atoms with E-state index in [2.05, 4.69) is 59.7 Å². The molecule has 0 aliphatic carbocycles. The van der Waals surface area contributed by atoms with Crippen LogP contribution in [-0.2, 0) is 4.74 Å². The van der Waals surface area contributed by atoms with Gasteiger partial charge in [-0.3, -0.25) is 0 Å². The van der Waals surface area contributed by atoms with Crippen molar-refractivity contribution in [1.29, 1.82) is 0 Å². The van der Waals surface area contributed by atoms with Crippen molar-refractivity contribution in [2.75, 3.05) is 30.0 Å². The van der Waals surface area contributed by atoms with Gasteiger partial charge in [0.1, 0.15) is 0 Å². The van der Waals surface area contributed by atoms with Gasteiger partial charge >= 0.3 is 195 Å². The molecule has 3 aliphatic heterocycles.